The summed E-state index contributed by atoms with van der Waals surface area (Å²) in [6.07, 6.45) is 5.71. The predicted octanol–water partition coefficient (Wildman–Crippen LogP) is 4.47. The third-order valence-electron chi connectivity index (χ3n) is 3.45. The summed E-state index contributed by atoms with van der Waals surface area (Å²) in [7, 11) is 0. The van der Waals surface area contributed by atoms with Gasteiger partial charge in [0.1, 0.15) is 0 Å². The molecule has 0 saturated carbocycles. The second-order valence-electron chi connectivity index (χ2n) is 7.20. The van der Waals surface area contributed by atoms with E-state index in [1.54, 1.807) is 0 Å². The summed E-state index contributed by atoms with van der Waals surface area (Å²) in [5, 5.41) is 0. The molecule has 0 saturated heterocycles. The lowest BCUT2D eigenvalue weighted by Crippen LogP contribution is -2.18. The van der Waals surface area contributed by atoms with E-state index in [4.69, 9.17) is 0 Å². The molecule has 1 heterocycles. The number of imidazole rings is 1. The molecule has 1 aromatic carbocycles. The maximum atomic E-state index is 4.18. The van der Waals surface area contributed by atoms with Crippen molar-refractivity contribution in [2.75, 3.05) is 0 Å². The summed E-state index contributed by atoms with van der Waals surface area (Å²) in [6.45, 7) is 13.5. The molecule has 0 amide bonds. The van der Waals surface area contributed by atoms with Gasteiger partial charge in [-0.3, -0.25) is 0 Å². The largest absolute Gasteiger partial charge is 0.306 e. The molecule has 0 aliphatic heterocycles. The van der Waals surface area contributed by atoms with Crippen molar-refractivity contribution in [2.24, 2.45) is 0 Å². The zero-order valence-corrected chi connectivity index (χ0v) is 12.9. The molecule has 19 heavy (non-hydrogen) atoms. The Morgan fingerprint density at radius 3 is 2.11 bits per heavy atom. The first-order chi connectivity index (χ1) is 8.69. The molecular formula is C17H24N2. The van der Waals surface area contributed by atoms with E-state index < -0.39 is 0 Å². The molecule has 0 unspecified atom stereocenters. The summed E-state index contributed by atoms with van der Waals surface area (Å²) < 4.78 is 2.11. The van der Waals surface area contributed by atoms with Gasteiger partial charge < -0.3 is 4.57 Å². The average molecular weight is 256 g/mol. The minimum atomic E-state index is 0.121. The molecule has 0 atom stereocenters. The molecule has 2 aromatic rings. The number of hydrogen-bond acceptors (Lipinski definition) is 1. The minimum Gasteiger partial charge on any atom is -0.306 e. The van der Waals surface area contributed by atoms with Crippen LogP contribution in [0.5, 0.6) is 0 Å². The third kappa shape index (κ3) is 2.89. The quantitative estimate of drug-likeness (QED) is 0.736. The fraction of sp³-hybridized carbons (Fsp3) is 0.471. The highest BCUT2D eigenvalue weighted by atomic mass is 15.0. The molecule has 2 rings (SSSR count). The lowest BCUT2D eigenvalue weighted by molar-refractivity contribution is 0.573. The highest BCUT2D eigenvalue weighted by Crippen LogP contribution is 2.32. The SMILES string of the molecule is CC(C)(C)c1ccc(C(C)(C)C)c(-n2ccnc2)c1. The van der Waals surface area contributed by atoms with Crippen molar-refractivity contribution in [3.05, 3.63) is 48.0 Å². The van der Waals surface area contributed by atoms with Crippen molar-refractivity contribution in [3.63, 3.8) is 0 Å². The van der Waals surface area contributed by atoms with E-state index in [9.17, 15) is 0 Å². The van der Waals surface area contributed by atoms with Crippen LogP contribution in [0.3, 0.4) is 0 Å². The molecule has 1 aromatic heterocycles. The molecule has 0 bridgehead atoms. The number of nitrogens with zero attached hydrogens (tertiary/aromatic N) is 2. The van der Waals surface area contributed by atoms with Gasteiger partial charge in [0.2, 0.25) is 0 Å². The molecule has 0 N–H and O–H groups in total. The number of rotatable bonds is 1. The lowest BCUT2D eigenvalue weighted by atomic mass is 9.81. The Morgan fingerprint density at radius 1 is 0.947 bits per heavy atom. The zero-order chi connectivity index (χ0) is 14.3. The predicted molar refractivity (Wildman–Crippen MR) is 81.0 cm³/mol. The van der Waals surface area contributed by atoms with E-state index in [0.717, 1.165) is 0 Å². The molecule has 0 spiro atoms. The van der Waals surface area contributed by atoms with Gasteiger partial charge in [0.25, 0.3) is 0 Å². The Morgan fingerprint density at radius 2 is 1.63 bits per heavy atom. The van der Waals surface area contributed by atoms with Gasteiger partial charge in [-0.25, -0.2) is 4.98 Å². The van der Waals surface area contributed by atoms with Crippen LogP contribution in [0.2, 0.25) is 0 Å². The molecule has 102 valence electrons. The van der Waals surface area contributed by atoms with E-state index in [1.807, 2.05) is 18.7 Å². The van der Waals surface area contributed by atoms with E-state index in [2.05, 4.69) is 69.3 Å². The van der Waals surface area contributed by atoms with Crippen molar-refractivity contribution in [2.45, 2.75) is 52.4 Å². The van der Waals surface area contributed by atoms with Gasteiger partial charge in [0.15, 0.2) is 0 Å². The van der Waals surface area contributed by atoms with Gasteiger partial charge in [-0.1, -0.05) is 53.7 Å². The Balaban J connectivity index is 2.65. The van der Waals surface area contributed by atoms with Crippen LogP contribution >= 0.6 is 0 Å². The molecule has 0 fully saturated rings. The Labute approximate surface area is 116 Å². The van der Waals surface area contributed by atoms with Crippen LogP contribution in [0, 0.1) is 0 Å². The smallest absolute Gasteiger partial charge is 0.0991 e. The fourth-order valence-electron chi connectivity index (χ4n) is 2.25. The number of hydrogen-bond donors (Lipinski definition) is 0. The standard InChI is InChI=1S/C17H24N2/c1-16(2,3)13-7-8-14(17(4,5)6)15(11-13)19-10-9-18-12-19/h7-12H,1-6H3. The van der Waals surface area contributed by atoms with E-state index in [1.165, 1.54) is 16.8 Å². The summed E-state index contributed by atoms with van der Waals surface area (Å²) in [6, 6.07) is 6.80. The molecule has 0 radical (unpaired) electrons. The van der Waals surface area contributed by atoms with Crippen molar-refractivity contribution in [1.82, 2.24) is 9.55 Å². The van der Waals surface area contributed by atoms with Crippen molar-refractivity contribution in [1.29, 1.82) is 0 Å². The molecule has 0 aliphatic rings. The monoisotopic (exact) mass is 256 g/mol. The van der Waals surface area contributed by atoms with Crippen LogP contribution in [0.4, 0.5) is 0 Å². The second-order valence-corrected chi connectivity index (χ2v) is 7.20. The van der Waals surface area contributed by atoms with Gasteiger partial charge in [-0.15, -0.1) is 0 Å². The van der Waals surface area contributed by atoms with Crippen LogP contribution in [-0.2, 0) is 10.8 Å². The molecule has 0 aliphatic carbocycles. The topological polar surface area (TPSA) is 17.8 Å². The van der Waals surface area contributed by atoms with Crippen LogP contribution in [0.25, 0.3) is 5.69 Å². The highest BCUT2D eigenvalue weighted by Gasteiger charge is 2.22. The summed E-state index contributed by atoms with van der Waals surface area (Å²) in [5.74, 6) is 0. The van der Waals surface area contributed by atoms with Gasteiger partial charge in [-0.2, -0.15) is 0 Å². The van der Waals surface area contributed by atoms with Gasteiger partial charge in [-0.05, 0) is 28.0 Å². The van der Waals surface area contributed by atoms with Gasteiger partial charge in [0, 0.05) is 12.4 Å². The number of benzene rings is 1. The van der Waals surface area contributed by atoms with E-state index >= 15 is 0 Å². The molecule has 2 nitrogen and oxygen atoms in total. The zero-order valence-electron chi connectivity index (χ0n) is 12.9. The maximum Gasteiger partial charge on any atom is 0.0991 e. The first-order valence-corrected chi connectivity index (χ1v) is 6.83. The number of aromatic nitrogens is 2. The first-order valence-electron chi connectivity index (χ1n) is 6.83. The molecular weight excluding hydrogens is 232 g/mol. The van der Waals surface area contributed by atoms with Crippen molar-refractivity contribution >= 4 is 0 Å². The van der Waals surface area contributed by atoms with Crippen LogP contribution < -0.4 is 0 Å². The first kappa shape index (κ1) is 13.9. The third-order valence-corrected chi connectivity index (χ3v) is 3.45. The fourth-order valence-corrected chi connectivity index (χ4v) is 2.25. The highest BCUT2D eigenvalue weighted by molar-refractivity contribution is 5.49. The summed E-state index contributed by atoms with van der Waals surface area (Å²) >= 11 is 0. The normalized spacial score (nSPS) is 12.7. The van der Waals surface area contributed by atoms with Gasteiger partial charge in [0.05, 0.1) is 12.0 Å². The Kier molecular flexibility index (Phi) is 3.29. The van der Waals surface area contributed by atoms with E-state index in [-0.39, 0.29) is 10.8 Å². The Bertz CT molecular complexity index is 552. The van der Waals surface area contributed by atoms with Crippen LogP contribution in [-0.4, -0.2) is 9.55 Å². The van der Waals surface area contributed by atoms with Crippen LogP contribution in [0.1, 0.15) is 52.7 Å². The average Bonchev–Trinajstić information content (AvgIpc) is 2.79. The Hall–Kier alpha value is -1.57. The molecule has 2 heteroatoms. The van der Waals surface area contributed by atoms with E-state index in [0.29, 0.717) is 0 Å². The second kappa shape index (κ2) is 4.52. The van der Waals surface area contributed by atoms with Crippen molar-refractivity contribution in [3.8, 4) is 5.69 Å². The lowest BCUT2D eigenvalue weighted by Gasteiger charge is -2.27. The van der Waals surface area contributed by atoms with Crippen LogP contribution in [0.15, 0.2) is 36.9 Å². The van der Waals surface area contributed by atoms with Gasteiger partial charge >= 0.3 is 0 Å². The minimum absolute atomic E-state index is 0.121. The maximum absolute atomic E-state index is 4.18. The van der Waals surface area contributed by atoms with Crippen molar-refractivity contribution < 1.29 is 0 Å². The summed E-state index contributed by atoms with van der Waals surface area (Å²) in [4.78, 5) is 4.18. The summed E-state index contributed by atoms with van der Waals surface area (Å²) in [5.41, 5.74) is 4.21.